The first-order chi connectivity index (χ1) is 12.4. The molecular formula is C18H22BrF3N2O3. The molecule has 1 N–H and O–H groups in total. The fourth-order valence-corrected chi connectivity index (χ4v) is 3.19. The van der Waals surface area contributed by atoms with Gasteiger partial charge in [-0.3, -0.25) is 4.79 Å². The second kappa shape index (κ2) is 8.08. The van der Waals surface area contributed by atoms with Crippen molar-refractivity contribution in [3.8, 4) is 0 Å². The molecule has 1 heterocycles. The molecule has 1 fully saturated rings. The number of alkyl halides is 3. The van der Waals surface area contributed by atoms with E-state index in [-0.39, 0.29) is 22.0 Å². The fourth-order valence-electron chi connectivity index (χ4n) is 2.72. The fraction of sp³-hybridized carbons (Fsp3) is 0.556. The minimum absolute atomic E-state index is 0.0846. The highest BCUT2D eigenvalue weighted by atomic mass is 79.9. The lowest BCUT2D eigenvalue weighted by Crippen LogP contribution is -2.43. The molecule has 0 bridgehead atoms. The highest BCUT2D eigenvalue weighted by Crippen LogP contribution is 2.36. The number of carbonyl (C=O) groups excluding carboxylic acids is 2. The van der Waals surface area contributed by atoms with Crippen molar-refractivity contribution in [2.45, 2.75) is 45.4 Å². The standard InChI is InChI=1S/C18H22BrF3N2O3/c1-17(2,3)27-16(26)24-8-6-11(7-9-24)15(25)23-12-4-5-14(19)13(10-12)18(20,21)22/h4-5,10-11H,6-9H2,1-3H3,(H,23,25). The van der Waals surface area contributed by atoms with Gasteiger partial charge in [-0.25, -0.2) is 4.79 Å². The summed E-state index contributed by atoms with van der Waals surface area (Å²) in [7, 11) is 0. The molecule has 1 aliphatic rings. The maximum Gasteiger partial charge on any atom is 0.417 e. The molecule has 1 saturated heterocycles. The van der Waals surface area contributed by atoms with Crippen LogP contribution in [0.4, 0.5) is 23.7 Å². The molecule has 2 rings (SSSR count). The molecule has 1 aromatic rings. The van der Waals surface area contributed by atoms with Gasteiger partial charge in [-0.1, -0.05) is 15.9 Å². The zero-order valence-corrected chi connectivity index (χ0v) is 16.9. The Hall–Kier alpha value is -1.77. The molecule has 0 saturated carbocycles. The third kappa shape index (κ3) is 6.12. The van der Waals surface area contributed by atoms with E-state index in [1.54, 1.807) is 20.8 Å². The molecule has 150 valence electrons. The smallest absolute Gasteiger partial charge is 0.417 e. The molecule has 0 aromatic heterocycles. The SMILES string of the molecule is CC(C)(C)OC(=O)N1CCC(C(=O)Nc2ccc(Br)c(C(F)(F)F)c2)CC1. The zero-order valence-electron chi connectivity index (χ0n) is 15.3. The van der Waals surface area contributed by atoms with Gasteiger partial charge >= 0.3 is 12.3 Å². The van der Waals surface area contributed by atoms with Gasteiger partial charge in [0.05, 0.1) is 5.56 Å². The Morgan fingerprint density at radius 3 is 2.30 bits per heavy atom. The number of nitrogens with one attached hydrogen (secondary N) is 1. The van der Waals surface area contributed by atoms with E-state index in [1.165, 1.54) is 17.0 Å². The minimum Gasteiger partial charge on any atom is -0.444 e. The van der Waals surface area contributed by atoms with Crippen molar-refractivity contribution in [3.63, 3.8) is 0 Å². The number of piperidine rings is 1. The van der Waals surface area contributed by atoms with Crippen LogP contribution in [0.1, 0.15) is 39.2 Å². The monoisotopic (exact) mass is 450 g/mol. The topological polar surface area (TPSA) is 58.6 Å². The summed E-state index contributed by atoms with van der Waals surface area (Å²) in [5.41, 5.74) is -1.35. The molecule has 2 amide bonds. The number of nitrogens with zero attached hydrogens (tertiary/aromatic N) is 1. The molecule has 1 aliphatic heterocycles. The van der Waals surface area contributed by atoms with Gasteiger partial charge in [-0.05, 0) is 51.8 Å². The summed E-state index contributed by atoms with van der Waals surface area (Å²) in [6, 6.07) is 3.56. The third-order valence-corrected chi connectivity index (χ3v) is 4.75. The predicted molar refractivity (Wildman–Crippen MR) is 98.3 cm³/mol. The van der Waals surface area contributed by atoms with Gasteiger partial charge in [0.15, 0.2) is 0 Å². The molecule has 0 aliphatic carbocycles. The molecule has 0 unspecified atom stereocenters. The number of likely N-dealkylation sites (tertiary alicyclic amines) is 1. The number of anilines is 1. The van der Waals surface area contributed by atoms with Crippen molar-refractivity contribution in [2.24, 2.45) is 5.92 Å². The number of halogens is 4. The quantitative estimate of drug-likeness (QED) is 0.685. The first-order valence-corrected chi connectivity index (χ1v) is 9.31. The lowest BCUT2D eigenvalue weighted by Gasteiger charge is -2.33. The average Bonchev–Trinajstić information content (AvgIpc) is 2.54. The van der Waals surface area contributed by atoms with Crippen LogP contribution in [0.25, 0.3) is 0 Å². The van der Waals surface area contributed by atoms with Gasteiger partial charge in [0.2, 0.25) is 5.91 Å². The van der Waals surface area contributed by atoms with Crippen LogP contribution >= 0.6 is 15.9 Å². The molecule has 0 radical (unpaired) electrons. The summed E-state index contributed by atoms with van der Waals surface area (Å²) < 4.78 is 44.1. The van der Waals surface area contributed by atoms with Crippen molar-refractivity contribution in [1.82, 2.24) is 4.90 Å². The van der Waals surface area contributed by atoms with Crippen LogP contribution in [0.2, 0.25) is 0 Å². The summed E-state index contributed by atoms with van der Waals surface area (Å²) in [6.07, 6.45) is -4.09. The Balaban J connectivity index is 1.94. The number of ether oxygens (including phenoxy) is 1. The van der Waals surface area contributed by atoms with Crippen molar-refractivity contribution in [3.05, 3.63) is 28.2 Å². The molecule has 1 aromatic carbocycles. The van der Waals surface area contributed by atoms with Gasteiger partial charge in [-0.15, -0.1) is 0 Å². The first kappa shape index (κ1) is 21.5. The highest BCUT2D eigenvalue weighted by Gasteiger charge is 2.34. The number of rotatable bonds is 2. The van der Waals surface area contributed by atoms with E-state index >= 15 is 0 Å². The van der Waals surface area contributed by atoms with Crippen LogP contribution in [0.3, 0.4) is 0 Å². The van der Waals surface area contributed by atoms with Crippen molar-refractivity contribution >= 4 is 33.6 Å². The van der Waals surface area contributed by atoms with E-state index in [0.29, 0.717) is 25.9 Å². The molecule has 27 heavy (non-hydrogen) atoms. The van der Waals surface area contributed by atoms with Crippen LogP contribution in [-0.4, -0.2) is 35.6 Å². The van der Waals surface area contributed by atoms with Gasteiger partial charge in [0, 0.05) is 29.2 Å². The van der Waals surface area contributed by atoms with Crippen LogP contribution in [0.5, 0.6) is 0 Å². The number of benzene rings is 1. The Labute approximate surface area is 164 Å². The van der Waals surface area contributed by atoms with E-state index in [9.17, 15) is 22.8 Å². The maximum atomic E-state index is 13.0. The molecule has 0 spiro atoms. The van der Waals surface area contributed by atoms with Crippen LogP contribution in [0, 0.1) is 5.92 Å². The summed E-state index contributed by atoms with van der Waals surface area (Å²) in [5.74, 6) is -0.726. The second-order valence-corrected chi connectivity index (χ2v) is 8.28. The van der Waals surface area contributed by atoms with Gasteiger partial charge in [0.1, 0.15) is 5.60 Å². The Morgan fingerprint density at radius 1 is 1.19 bits per heavy atom. The number of carbonyl (C=O) groups is 2. The van der Waals surface area contributed by atoms with Gasteiger partial charge in [0.25, 0.3) is 0 Å². The van der Waals surface area contributed by atoms with Crippen molar-refractivity contribution in [1.29, 1.82) is 0 Å². The van der Waals surface area contributed by atoms with Gasteiger partial charge in [-0.2, -0.15) is 13.2 Å². The van der Waals surface area contributed by atoms with E-state index in [0.717, 1.165) is 6.07 Å². The van der Waals surface area contributed by atoms with Gasteiger partial charge < -0.3 is 15.0 Å². The van der Waals surface area contributed by atoms with Crippen molar-refractivity contribution < 1.29 is 27.5 Å². The molecule has 9 heteroatoms. The second-order valence-electron chi connectivity index (χ2n) is 7.42. The molecule has 5 nitrogen and oxygen atoms in total. The number of amides is 2. The number of hydrogen-bond donors (Lipinski definition) is 1. The lowest BCUT2D eigenvalue weighted by molar-refractivity contribution is -0.138. The van der Waals surface area contributed by atoms with Crippen LogP contribution in [-0.2, 0) is 15.7 Å². The summed E-state index contributed by atoms with van der Waals surface area (Å²) >= 11 is 2.87. The average molecular weight is 451 g/mol. The van der Waals surface area contributed by atoms with E-state index in [1.807, 2.05) is 0 Å². The van der Waals surface area contributed by atoms with Crippen LogP contribution in [0.15, 0.2) is 22.7 Å². The first-order valence-electron chi connectivity index (χ1n) is 8.52. The Bertz CT molecular complexity index is 709. The molecular weight excluding hydrogens is 429 g/mol. The Kier molecular flexibility index (Phi) is 6.44. The van der Waals surface area contributed by atoms with Crippen LogP contribution < -0.4 is 5.32 Å². The Morgan fingerprint density at radius 2 is 1.78 bits per heavy atom. The summed E-state index contributed by atoms with van der Waals surface area (Å²) in [5, 5.41) is 2.54. The minimum atomic E-state index is -4.52. The normalized spacial score (nSPS) is 16.2. The maximum absolute atomic E-state index is 13.0. The highest BCUT2D eigenvalue weighted by molar-refractivity contribution is 9.10. The molecule has 0 atom stereocenters. The summed E-state index contributed by atoms with van der Waals surface area (Å²) in [6.45, 7) is 6.05. The zero-order chi connectivity index (χ0) is 20.4. The largest absolute Gasteiger partial charge is 0.444 e. The van der Waals surface area contributed by atoms with Crippen molar-refractivity contribution in [2.75, 3.05) is 18.4 Å². The number of hydrogen-bond acceptors (Lipinski definition) is 3. The van der Waals surface area contributed by atoms with E-state index in [4.69, 9.17) is 4.74 Å². The third-order valence-electron chi connectivity index (χ3n) is 4.06. The lowest BCUT2D eigenvalue weighted by atomic mass is 9.96. The van der Waals surface area contributed by atoms with E-state index in [2.05, 4.69) is 21.2 Å². The predicted octanol–water partition coefficient (Wildman–Crippen LogP) is 5.05. The van der Waals surface area contributed by atoms with E-state index < -0.39 is 23.4 Å². The summed E-state index contributed by atoms with van der Waals surface area (Å²) in [4.78, 5) is 26.0.